The van der Waals surface area contributed by atoms with E-state index in [9.17, 15) is 19.8 Å². The molecule has 0 aliphatic carbocycles. The van der Waals surface area contributed by atoms with Crippen LogP contribution in [0.25, 0.3) is 11.1 Å². The number of nitrogens with zero attached hydrogens (tertiary/aromatic N) is 2. The smallest absolute Gasteiger partial charge is 0.334 e. The number of carboxylic acid groups (broad SMARTS) is 2. The molecule has 0 radical (unpaired) electrons. The Morgan fingerprint density at radius 3 is 2.38 bits per heavy atom. The van der Waals surface area contributed by atoms with E-state index in [-0.39, 0.29) is 5.57 Å². The second kappa shape index (κ2) is 6.92. The van der Waals surface area contributed by atoms with Crippen LogP contribution in [0, 0.1) is 5.92 Å². The number of benzene rings is 1. The minimum atomic E-state index is -1.15. The average Bonchev–Trinajstić information content (AvgIpc) is 2.61. The molecule has 26 heavy (non-hydrogen) atoms. The number of aliphatic imine (C=N–C) groups is 1. The van der Waals surface area contributed by atoms with Gasteiger partial charge in [0.15, 0.2) is 0 Å². The Balaban J connectivity index is 2.17. The van der Waals surface area contributed by atoms with Crippen molar-refractivity contribution in [2.75, 3.05) is 0 Å². The van der Waals surface area contributed by atoms with Crippen LogP contribution < -0.4 is 0 Å². The summed E-state index contributed by atoms with van der Waals surface area (Å²) in [5.74, 6) is -4.07. The Bertz CT molecular complexity index is 932. The lowest BCUT2D eigenvalue weighted by atomic mass is 9.75. The first kappa shape index (κ1) is 17.5. The predicted molar refractivity (Wildman–Crippen MR) is 97.0 cm³/mol. The summed E-state index contributed by atoms with van der Waals surface area (Å²) in [5.41, 5.74) is 3.11. The fourth-order valence-electron chi connectivity index (χ4n) is 3.44. The van der Waals surface area contributed by atoms with E-state index in [2.05, 4.69) is 9.98 Å². The fourth-order valence-corrected chi connectivity index (χ4v) is 3.44. The molecule has 0 fully saturated rings. The number of carboxylic acids is 2. The Hall–Kier alpha value is -3.28. The Labute approximate surface area is 150 Å². The van der Waals surface area contributed by atoms with Crippen LogP contribution in [0.4, 0.5) is 0 Å². The van der Waals surface area contributed by atoms with Crippen LogP contribution in [0.15, 0.2) is 65.1 Å². The van der Waals surface area contributed by atoms with Gasteiger partial charge >= 0.3 is 11.9 Å². The zero-order valence-corrected chi connectivity index (χ0v) is 14.4. The predicted octanol–water partition coefficient (Wildman–Crippen LogP) is 3.37. The Kier molecular flexibility index (Phi) is 4.67. The van der Waals surface area contributed by atoms with Gasteiger partial charge in [0.25, 0.3) is 0 Å². The van der Waals surface area contributed by atoms with E-state index in [1.165, 1.54) is 0 Å². The maximum atomic E-state index is 11.9. The second-order valence-corrected chi connectivity index (χ2v) is 6.22. The first-order valence-corrected chi connectivity index (χ1v) is 8.12. The van der Waals surface area contributed by atoms with Gasteiger partial charge in [-0.2, -0.15) is 0 Å². The van der Waals surface area contributed by atoms with Crippen LogP contribution in [-0.4, -0.2) is 32.8 Å². The minimum absolute atomic E-state index is 0.0198. The highest BCUT2D eigenvalue weighted by atomic mass is 16.4. The third-order valence-electron chi connectivity index (χ3n) is 4.57. The first-order chi connectivity index (χ1) is 12.4. The van der Waals surface area contributed by atoms with Crippen molar-refractivity contribution >= 4 is 17.7 Å². The van der Waals surface area contributed by atoms with Crippen LogP contribution in [0.1, 0.15) is 25.3 Å². The molecular formula is C20H18N2O4. The Morgan fingerprint density at radius 1 is 1.04 bits per heavy atom. The molecule has 2 N–H and O–H groups in total. The van der Waals surface area contributed by atoms with Crippen molar-refractivity contribution in [1.29, 1.82) is 0 Å². The maximum Gasteiger partial charge on any atom is 0.334 e. The summed E-state index contributed by atoms with van der Waals surface area (Å²) < 4.78 is 0. The lowest BCUT2D eigenvalue weighted by Gasteiger charge is -2.29. The van der Waals surface area contributed by atoms with E-state index in [1.807, 2.05) is 24.3 Å². The lowest BCUT2D eigenvalue weighted by molar-refractivity contribution is -0.140. The molecule has 0 bridgehead atoms. The van der Waals surface area contributed by atoms with Crippen molar-refractivity contribution in [2.24, 2.45) is 10.9 Å². The summed E-state index contributed by atoms with van der Waals surface area (Å²) in [4.78, 5) is 32.0. The van der Waals surface area contributed by atoms with E-state index >= 15 is 0 Å². The molecule has 6 heteroatoms. The van der Waals surface area contributed by atoms with Crippen molar-refractivity contribution in [3.63, 3.8) is 0 Å². The van der Waals surface area contributed by atoms with Gasteiger partial charge in [-0.25, -0.2) is 4.79 Å². The molecule has 0 saturated carbocycles. The number of rotatable bonds is 4. The summed E-state index contributed by atoms with van der Waals surface area (Å²) in [7, 11) is 0. The van der Waals surface area contributed by atoms with Crippen LogP contribution in [0.2, 0.25) is 0 Å². The molecule has 2 aromatic rings. The SMILES string of the molecule is CC1=NC(C)=C(C(=O)O)C(c2cccc(-c3cccnc3)c2)C1C(=O)O. The molecule has 1 aliphatic rings. The van der Waals surface area contributed by atoms with Crippen LogP contribution in [-0.2, 0) is 9.59 Å². The molecule has 1 aromatic carbocycles. The molecule has 2 atom stereocenters. The van der Waals surface area contributed by atoms with Crippen LogP contribution >= 0.6 is 0 Å². The van der Waals surface area contributed by atoms with Crippen molar-refractivity contribution in [3.8, 4) is 11.1 Å². The molecule has 0 saturated heterocycles. The van der Waals surface area contributed by atoms with Crippen molar-refractivity contribution in [3.05, 3.63) is 65.6 Å². The van der Waals surface area contributed by atoms with E-state index in [4.69, 9.17) is 0 Å². The zero-order valence-electron chi connectivity index (χ0n) is 14.4. The number of aromatic nitrogens is 1. The van der Waals surface area contributed by atoms with Gasteiger partial charge in [0.2, 0.25) is 0 Å². The lowest BCUT2D eigenvalue weighted by Crippen LogP contribution is -2.34. The van der Waals surface area contributed by atoms with E-state index in [0.29, 0.717) is 17.0 Å². The summed E-state index contributed by atoms with van der Waals surface area (Å²) in [6.07, 6.45) is 3.38. The molecule has 1 aliphatic heterocycles. The summed E-state index contributed by atoms with van der Waals surface area (Å²) >= 11 is 0. The standard InChI is InChI=1S/C20H18N2O4/c1-11-16(19(23)24)18(17(20(25)26)12(2)22-11)14-6-3-5-13(9-14)15-7-4-8-21-10-15/h3-10,16,18H,1-2H3,(H,23,24)(H,25,26). The quantitative estimate of drug-likeness (QED) is 0.880. The third-order valence-corrected chi connectivity index (χ3v) is 4.57. The van der Waals surface area contributed by atoms with Gasteiger partial charge in [0, 0.05) is 29.7 Å². The molecule has 2 heterocycles. The van der Waals surface area contributed by atoms with Crippen molar-refractivity contribution in [1.82, 2.24) is 4.98 Å². The molecule has 6 nitrogen and oxygen atoms in total. The molecule has 3 rings (SSSR count). The topological polar surface area (TPSA) is 99.9 Å². The number of allylic oxidation sites excluding steroid dienone is 1. The zero-order chi connectivity index (χ0) is 18.8. The third kappa shape index (κ3) is 3.13. The summed E-state index contributed by atoms with van der Waals surface area (Å²) in [6, 6.07) is 11.0. The molecular weight excluding hydrogens is 332 g/mol. The first-order valence-electron chi connectivity index (χ1n) is 8.12. The van der Waals surface area contributed by atoms with Gasteiger partial charge in [-0.1, -0.05) is 30.3 Å². The van der Waals surface area contributed by atoms with E-state index in [1.54, 1.807) is 38.4 Å². The molecule has 0 spiro atoms. The van der Waals surface area contributed by atoms with Crippen molar-refractivity contribution in [2.45, 2.75) is 19.8 Å². The number of hydrogen-bond acceptors (Lipinski definition) is 4. The average molecular weight is 350 g/mol. The molecule has 0 amide bonds. The van der Waals surface area contributed by atoms with E-state index in [0.717, 1.165) is 11.1 Å². The summed E-state index contributed by atoms with van der Waals surface area (Å²) in [5, 5.41) is 19.4. The summed E-state index contributed by atoms with van der Waals surface area (Å²) in [6.45, 7) is 3.22. The normalized spacial score (nSPS) is 19.8. The van der Waals surface area contributed by atoms with Gasteiger partial charge in [-0.05, 0) is 36.6 Å². The van der Waals surface area contributed by atoms with Gasteiger partial charge in [0.05, 0.1) is 5.57 Å². The van der Waals surface area contributed by atoms with Gasteiger partial charge in [-0.15, -0.1) is 0 Å². The Morgan fingerprint density at radius 2 is 1.77 bits per heavy atom. The van der Waals surface area contributed by atoms with Crippen LogP contribution in [0.5, 0.6) is 0 Å². The number of hydrogen-bond donors (Lipinski definition) is 2. The van der Waals surface area contributed by atoms with Crippen LogP contribution in [0.3, 0.4) is 0 Å². The highest BCUT2D eigenvalue weighted by Gasteiger charge is 2.41. The van der Waals surface area contributed by atoms with Crippen molar-refractivity contribution < 1.29 is 19.8 Å². The molecule has 2 unspecified atom stereocenters. The number of aliphatic carboxylic acids is 2. The van der Waals surface area contributed by atoms with E-state index < -0.39 is 23.8 Å². The molecule has 1 aromatic heterocycles. The minimum Gasteiger partial charge on any atom is -0.481 e. The highest BCUT2D eigenvalue weighted by Crippen LogP contribution is 2.40. The monoisotopic (exact) mass is 350 g/mol. The largest absolute Gasteiger partial charge is 0.481 e. The van der Waals surface area contributed by atoms with Gasteiger partial charge in [0.1, 0.15) is 5.92 Å². The molecule has 132 valence electrons. The van der Waals surface area contributed by atoms with Gasteiger partial charge < -0.3 is 10.2 Å². The number of carbonyl (C=O) groups is 2. The highest BCUT2D eigenvalue weighted by molar-refractivity contribution is 6.06. The maximum absolute atomic E-state index is 11.9. The second-order valence-electron chi connectivity index (χ2n) is 6.22. The fraction of sp³-hybridized carbons (Fsp3) is 0.200. The number of pyridine rings is 1. The van der Waals surface area contributed by atoms with Gasteiger partial charge in [-0.3, -0.25) is 14.8 Å².